The van der Waals surface area contributed by atoms with Gasteiger partial charge in [0.15, 0.2) is 0 Å². The van der Waals surface area contributed by atoms with Gasteiger partial charge in [-0.25, -0.2) is 4.39 Å². The standard InChI is InChI=1S/C13H21FN2O/c1-4-15-10-11-12(14)6-5-7-13(11)16(2)8-9-17-3/h5-7,15H,4,8-10H2,1-3H3. The van der Waals surface area contributed by atoms with Crippen molar-refractivity contribution in [1.29, 1.82) is 0 Å². The zero-order valence-corrected chi connectivity index (χ0v) is 10.8. The molecule has 0 fully saturated rings. The van der Waals surface area contributed by atoms with Gasteiger partial charge in [-0.05, 0) is 18.7 Å². The predicted molar refractivity (Wildman–Crippen MR) is 68.9 cm³/mol. The molecule has 0 bridgehead atoms. The van der Waals surface area contributed by atoms with Crippen LogP contribution in [0.2, 0.25) is 0 Å². The van der Waals surface area contributed by atoms with Gasteiger partial charge in [0.1, 0.15) is 5.82 Å². The van der Waals surface area contributed by atoms with Crippen LogP contribution in [0, 0.1) is 5.82 Å². The number of hydrogen-bond donors (Lipinski definition) is 1. The number of ether oxygens (including phenoxy) is 1. The van der Waals surface area contributed by atoms with Crippen molar-refractivity contribution in [2.24, 2.45) is 0 Å². The molecule has 4 heteroatoms. The maximum Gasteiger partial charge on any atom is 0.129 e. The summed E-state index contributed by atoms with van der Waals surface area (Å²) in [7, 11) is 3.61. The minimum Gasteiger partial charge on any atom is -0.383 e. The zero-order valence-electron chi connectivity index (χ0n) is 10.8. The average molecular weight is 240 g/mol. The topological polar surface area (TPSA) is 24.5 Å². The summed E-state index contributed by atoms with van der Waals surface area (Å²) in [6, 6.07) is 5.18. The van der Waals surface area contributed by atoms with E-state index in [1.54, 1.807) is 13.2 Å². The second-order valence-electron chi connectivity index (χ2n) is 3.93. The molecule has 0 saturated carbocycles. The molecule has 0 unspecified atom stereocenters. The highest BCUT2D eigenvalue weighted by molar-refractivity contribution is 5.53. The van der Waals surface area contributed by atoms with Gasteiger partial charge in [-0.2, -0.15) is 0 Å². The predicted octanol–water partition coefficient (Wildman–Crippen LogP) is 2.02. The second-order valence-corrected chi connectivity index (χ2v) is 3.93. The molecular formula is C13H21FN2O. The number of benzene rings is 1. The van der Waals surface area contributed by atoms with Crippen molar-refractivity contribution in [3.63, 3.8) is 0 Å². The van der Waals surface area contributed by atoms with E-state index in [4.69, 9.17) is 4.74 Å². The molecule has 0 amide bonds. The van der Waals surface area contributed by atoms with Crippen molar-refractivity contribution in [2.75, 3.05) is 38.8 Å². The van der Waals surface area contributed by atoms with Gasteiger partial charge in [0.05, 0.1) is 6.61 Å². The first-order valence-corrected chi connectivity index (χ1v) is 5.88. The molecule has 17 heavy (non-hydrogen) atoms. The van der Waals surface area contributed by atoms with E-state index < -0.39 is 0 Å². The molecule has 0 radical (unpaired) electrons. The number of nitrogens with zero attached hydrogens (tertiary/aromatic N) is 1. The third-order valence-electron chi connectivity index (χ3n) is 2.69. The number of halogens is 1. The lowest BCUT2D eigenvalue weighted by molar-refractivity contribution is 0.206. The number of likely N-dealkylation sites (N-methyl/N-ethyl adjacent to an activating group) is 1. The fourth-order valence-corrected chi connectivity index (χ4v) is 1.68. The first kappa shape index (κ1) is 13.9. The van der Waals surface area contributed by atoms with Crippen LogP contribution in [0.4, 0.5) is 10.1 Å². The fourth-order valence-electron chi connectivity index (χ4n) is 1.68. The molecule has 96 valence electrons. The molecule has 1 rings (SSSR count). The van der Waals surface area contributed by atoms with Crippen LogP contribution in [0.15, 0.2) is 18.2 Å². The Morgan fingerprint density at radius 2 is 2.18 bits per heavy atom. The molecule has 0 aliphatic heterocycles. The van der Waals surface area contributed by atoms with Crippen molar-refractivity contribution in [2.45, 2.75) is 13.5 Å². The summed E-state index contributed by atoms with van der Waals surface area (Å²) in [4.78, 5) is 2.01. The SMILES string of the molecule is CCNCc1c(F)cccc1N(C)CCOC. The first-order valence-electron chi connectivity index (χ1n) is 5.88. The molecule has 0 atom stereocenters. The number of nitrogens with one attached hydrogen (secondary N) is 1. The van der Waals surface area contributed by atoms with E-state index in [0.29, 0.717) is 18.7 Å². The van der Waals surface area contributed by atoms with Crippen LogP contribution in [0.25, 0.3) is 0 Å². The highest BCUT2D eigenvalue weighted by atomic mass is 19.1. The van der Waals surface area contributed by atoms with E-state index in [2.05, 4.69) is 5.32 Å². The van der Waals surface area contributed by atoms with Crippen molar-refractivity contribution < 1.29 is 9.13 Å². The second kappa shape index (κ2) is 7.25. The average Bonchev–Trinajstić information content (AvgIpc) is 2.34. The zero-order chi connectivity index (χ0) is 12.7. The third-order valence-corrected chi connectivity index (χ3v) is 2.69. The fraction of sp³-hybridized carbons (Fsp3) is 0.538. The number of methoxy groups -OCH3 is 1. The number of rotatable bonds is 7. The number of hydrogen-bond acceptors (Lipinski definition) is 3. The van der Waals surface area contributed by atoms with Crippen molar-refractivity contribution >= 4 is 5.69 Å². The maximum absolute atomic E-state index is 13.8. The van der Waals surface area contributed by atoms with E-state index >= 15 is 0 Å². The largest absolute Gasteiger partial charge is 0.383 e. The van der Waals surface area contributed by atoms with E-state index in [1.165, 1.54) is 6.07 Å². The molecule has 1 N–H and O–H groups in total. The Morgan fingerprint density at radius 1 is 1.41 bits per heavy atom. The Labute approximate surface area is 103 Å². The first-order chi connectivity index (χ1) is 8.20. The minimum atomic E-state index is -0.160. The van der Waals surface area contributed by atoms with E-state index in [9.17, 15) is 4.39 Å². The Bertz CT molecular complexity index is 344. The Hall–Kier alpha value is -1.13. The van der Waals surface area contributed by atoms with Gasteiger partial charge in [-0.15, -0.1) is 0 Å². The van der Waals surface area contributed by atoms with Gasteiger partial charge in [-0.3, -0.25) is 0 Å². The van der Waals surface area contributed by atoms with Crippen LogP contribution in [-0.2, 0) is 11.3 Å². The van der Waals surface area contributed by atoms with Crippen molar-refractivity contribution in [3.05, 3.63) is 29.6 Å². The van der Waals surface area contributed by atoms with Crippen LogP contribution in [0.5, 0.6) is 0 Å². The van der Waals surface area contributed by atoms with Gasteiger partial charge < -0.3 is 15.0 Å². The lowest BCUT2D eigenvalue weighted by Crippen LogP contribution is -2.25. The molecule has 0 heterocycles. The Kier molecular flexibility index (Phi) is 5.94. The normalized spacial score (nSPS) is 10.6. The smallest absolute Gasteiger partial charge is 0.129 e. The highest BCUT2D eigenvalue weighted by Gasteiger charge is 2.11. The van der Waals surface area contributed by atoms with Crippen molar-refractivity contribution in [3.8, 4) is 0 Å². The molecule has 0 aromatic heterocycles. The summed E-state index contributed by atoms with van der Waals surface area (Å²) in [6.07, 6.45) is 0. The summed E-state index contributed by atoms with van der Waals surface area (Å²) in [5.41, 5.74) is 1.64. The monoisotopic (exact) mass is 240 g/mol. The van der Waals surface area contributed by atoms with E-state index in [1.807, 2.05) is 24.9 Å². The summed E-state index contributed by atoms with van der Waals surface area (Å²) in [6.45, 7) is 4.77. The number of anilines is 1. The molecule has 0 saturated heterocycles. The maximum atomic E-state index is 13.8. The minimum absolute atomic E-state index is 0.160. The molecule has 1 aromatic carbocycles. The highest BCUT2D eigenvalue weighted by Crippen LogP contribution is 2.22. The van der Waals surface area contributed by atoms with Gasteiger partial charge in [0.2, 0.25) is 0 Å². The van der Waals surface area contributed by atoms with Crippen LogP contribution in [0.1, 0.15) is 12.5 Å². The molecule has 0 aliphatic carbocycles. The van der Waals surface area contributed by atoms with Gasteiger partial charge in [-0.1, -0.05) is 13.0 Å². The van der Waals surface area contributed by atoms with E-state index in [0.717, 1.165) is 18.8 Å². The lowest BCUT2D eigenvalue weighted by atomic mass is 10.1. The van der Waals surface area contributed by atoms with Crippen molar-refractivity contribution in [1.82, 2.24) is 5.32 Å². The summed E-state index contributed by atoms with van der Waals surface area (Å²) < 4.78 is 18.8. The summed E-state index contributed by atoms with van der Waals surface area (Å²) in [5.74, 6) is -0.160. The van der Waals surface area contributed by atoms with Gasteiger partial charge >= 0.3 is 0 Å². The quantitative estimate of drug-likeness (QED) is 0.789. The van der Waals surface area contributed by atoms with Gasteiger partial charge in [0.25, 0.3) is 0 Å². The summed E-state index contributed by atoms with van der Waals surface area (Å²) >= 11 is 0. The third kappa shape index (κ3) is 3.98. The lowest BCUT2D eigenvalue weighted by Gasteiger charge is -2.22. The molecule has 1 aromatic rings. The molecule has 0 spiro atoms. The molecule has 3 nitrogen and oxygen atoms in total. The molecule has 0 aliphatic rings. The Balaban J connectivity index is 2.84. The van der Waals surface area contributed by atoms with Gasteiger partial charge in [0, 0.05) is 38.5 Å². The summed E-state index contributed by atoms with van der Waals surface area (Å²) in [5, 5.41) is 3.16. The Morgan fingerprint density at radius 3 is 2.82 bits per heavy atom. The van der Waals surface area contributed by atoms with Crippen LogP contribution in [-0.4, -0.2) is 33.9 Å². The van der Waals surface area contributed by atoms with E-state index in [-0.39, 0.29) is 5.82 Å². The van der Waals surface area contributed by atoms with Crippen LogP contribution in [0.3, 0.4) is 0 Å². The van der Waals surface area contributed by atoms with Crippen LogP contribution < -0.4 is 10.2 Å². The molecular weight excluding hydrogens is 219 g/mol. The van der Waals surface area contributed by atoms with Crippen LogP contribution >= 0.6 is 0 Å².